The molecule has 0 aliphatic rings. The van der Waals surface area contributed by atoms with E-state index in [1.807, 2.05) is 30.3 Å². The average Bonchev–Trinajstić information content (AvgIpc) is 4.05. The quantitative estimate of drug-likeness (QED) is 0.191. The molecule has 7 heteroatoms. The van der Waals surface area contributed by atoms with Crippen molar-refractivity contribution >= 4 is 110 Å². The molecule has 10 aromatic carbocycles. The lowest BCUT2D eigenvalue weighted by molar-refractivity contribution is 0.669. The van der Waals surface area contributed by atoms with Crippen LogP contribution in [0.5, 0.6) is 0 Å². The number of benzene rings is 10. The zero-order valence-corrected chi connectivity index (χ0v) is 34.6. The number of hydrogen-bond acceptors (Lipinski definition) is 5. The number of para-hydroxylation sites is 2. The van der Waals surface area contributed by atoms with Gasteiger partial charge in [-0.05, 0) is 86.1 Å². The molecule has 0 fully saturated rings. The van der Waals surface area contributed by atoms with Crippen molar-refractivity contribution in [1.29, 1.82) is 0 Å². The van der Waals surface area contributed by atoms with Gasteiger partial charge in [-0.2, -0.15) is 9.97 Å². The van der Waals surface area contributed by atoms with Gasteiger partial charge >= 0.3 is 0 Å². The largest absolute Gasteiger partial charge is 0.456 e. The van der Waals surface area contributed by atoms with Crippen LogP contribution in [-0.2, 0) is 0 Å². The van der Waals surface area contributed by atoms with Crippen LogP contribution in [-0.4, -0.2) is 19.9 Å². The Morgan fingerprint density at radius 2 is 1.00 bits per heavy atom. The zero-order chi connectivity index (χ0) is 42.0. The molecule has 6 nitrogen and oxygen atoms in total. The highest BCUT2D eigenvalue weighted by Gasteiger charge is 2.20. The molecular weight excluding hydrogens is 808 g/mol. The number of aromatic amines is 1. The Balaban J connectivity index is 0.864. The summed E-state index contributed by atoms with van der Waals surface area (Å²) >= 11 is 6.51. The van der Waals surface area contributed by atoms with Gasteiger partial charge < -0.3 is 13.8 Å². The molecule has 0 unspecified atom stereocenters. The van der Waals surface area contributed by atoms with Crippen molar-refractivity contribution in [2.45, 2.75) is 0 Å². The summed E-state index contributed by atoms with van der Waals surface area (Å²) in [6.07, 6.45) is 0. The van der Waals surface area contributed by atoms with Crippen LogP contribution in [0, 0.1) is 0 Å². The Bertz CT molecular complexity index is 4290. The predicted octanol–water partition coefficient (Wildman–Crippen LogP) is 16.1. The van der Waals surface area contributed by atoms with E-state index in [1.165, 1.54) is 21.5 Å². The summed E-state index contributed by atoms with van der Waals surface area (Å²) in [6.45, 7) is 0. The first kappa shape index (κ1) is 35.3. The molecule has 0 saturated carbocycles. The van der Waals surface area contributed by atoms with Crippen molar-refractivity contribution in [1.82, 2.24) is 19.9 Å². The minimum atomic E-state index is 0.135. The van der Waals surface area contributed by atoms with E-state index in [0.29, 0.717) is 11.6 Å². The molecule has 0 aliphatic carbocycles. The molecule has 14 rings (SSSR count). The molecule has 4 heterocycles. The number of halogens is 1. The second-order valence-corrected chi connectivity index (χ2v) is 16.9. The van der Waals surface area contributed by atoms with Gasteiger partial charge in [0.1, 0.15) is 22.3 Å². The number of H-pyrrole nitrogens is 1. The Labute approximate surface area is 369 Å². The van der Waals surface area contributed by atoms with E-state index in [2.05, 4.69) is 167 Å². The highest BCUT2D eigenvalue weighted by Crippen LogP contribution is 2.44. The monoisotopic (exact) mass is 838 g/mol. The fourth-order valence-electron chi connectivity index (χ4n) is 10.0. The third-order valence-electron chi connectivity index (χ3n) is 13.0. The summed E-state index contributed by atoms with van der Waals surface area (Å²) in [5.41, 5.74) is 11.6. The highest BCUT2D eigenvalue weighted by molar-refractivity contribution is 6.28. The number of aromatic nitrogens is 4. The molecule has 4 aromatic heterocycles. The molecule has 0 atom stereocenters. The van der Waals surface area contributed by atoms with Crippen LogP contribution in [0.4, 0.5) is 0 Å². The zero-order valence-electron chi connectivity index (χ0n) is 33.9. The van der Waals surface area contributed by atoms with E-state index in [9.17, 15) is 0 Å². The second kappa shape index (κ2) is 13.3. The van der Waals surface area contributed by atoms with E-state index >= 15 is 0 Å². The maximum atomic E-state index is 6.83. The predicted molar refractivity (Wildman–Crippen MR) is 263 cm³/mol. The van der Waals surface area contributed by atoms with Gasteiger partial charge in [0.25, 0.3) is 0 Å². The maximum Gasteiger partial charge on any atom is 0.226 e. The van der Waals surface area contributed by atoms with Gasteiger partial charge in [0.15, 0.2) is 11.6 Å². The van der Waals surface area contributed by atoms with Crippen LogP contribution in [0.3, 0.4) is 0 Å². The van der Waals surface area contributed by atoms with E-state index < -0.39 is 0 Å². The third-order valence-corrected chi connectivity index (χ3v) is 13.2. The lowest BCUT2D eigenvalue weighted by Gasteiger charge is -2.08. The highest BCUT2D eigenvalue weighted by atomic mass is 35.5. The van der Waals surface area contributed by atoms with Gasteiger partial charge in [0.2, 0.25) is 5.28 Å². The van der Waals surface area contributed by atoms with Gasteiger partial charge in [-0.15, -0.1) is 0 Å². The number of rotatable bonds is 4. The van der Waals surface area contributed by atoms with Crippen molar-refractivity contribution in [3.8, 4) is 45.0 Å². The smallest absolute Gasteiger partial charge is 0.226 e. The molecule has 298 valence electrons. The van der Waals surface area contributed by atoms with Crippen LogP contribution in [0.1, 0.15) is 0 Å². The molecule has 0 aliphatic heterocycles. The normalized spacial score (nSPS) is 12.1. The van der Waals surface area contributed by atoms with Gasteiger partial charge in [0.05, 0.1) is 11.0 Å². The Kier molecular flexibility index (Phi) is 7.36. The fourth-order valence-corrected chi connectivity index (χ4v) is 10.2. The van der Waals surface area contributed by atoms with Crippen molar-refractivity contribution in [2.24, 2.45) is 0 Å². The molecule has 0 radical (unpaired) electrons. The Morgan fingerprint density at radius 3 is 1.89 bits per heavy atom. The Hall–Kier alpha value is -8.32. The van der Waals surface area contributed by atoms with Crippen molar-refractivity contribution in [3.63, 3.8) is 0 Å². The lowest BCUT2D eigenvalue weighted by atomic mass is 9.94. The third kappa shape index (κ3) is 5.24. The van der Waals surface area contributed by atoms with Crippen molar-refractivity contribution in [3.05, 3.63) is 187 Å². The summed E-state index contributed by atoms with van der Waals surface area (Å²) in [7, 11) is 0. The van der Waals surface area contributed by atoms with Crippen molar-refractivity contribution < 1.29 is 8.83 Å². The number of hydrogen-bond donors (Lipinski definition) is 1. The summed E-state index contributed by atoms with van der Waals surface area (Å²) in [5.74, 6) is 0.999. The summed E-state index contributed by atoms with van der Waals surface area (Å²) < 4.78 is 13.3. The van der Waals surface area contributed by atoms with Gasteiger partial charge in [-0.3, -0.25) is 0 Å². The minimum Gasteiger partial charge on any atom is -0.456 e. The van der Waals surface area contributed by atoms with Crippen LogP contribution in [0.25, 0.3) is 143 Å². The first-order valence-corrected chi connectivity index (χ1v) is 21.6. The SMILES string of the molecule is Clc1nc(-c2ccc3ccccc3c2)nc(-c2ccc3c(c2)oc2ccc(-c4cccc5c4ccc4oc6c(-c7cccc8c7[nH]c7c9ccccc9ccc87)cccc6c45)cc23)n1. The van der Waals surface area contributed by atoms with E-state index in [-0.39, 0.29) is 5.28 Å². The lowest BCUT2D eigenvalue weighted by Crippen LogP contribution is -1.97. The van der Waals surface area contributed by atoms with E-state index in [1.54, 1.807) is 0 Å². The molecule has 0 amide bonds. The number of nitrogens with zero attached hydrogens (tertiary/aromatic N) is 3. The molecule has 0 spiro atoms. The van der Waals surface area contributed by atoms with Crippen LogP contribution < -0.4 is 0 Å². The fraction of sp³-hybridized carbons (Fsp3) is 0. The molecule has 0 saturated heterocycles. The first-order chi connectivity index (χ1) is 31.6. The summed E-state index contributed by atoms with van der Waals surface area (Å²) in [5, 5.41) is 13.8. The topological polar surface area (TPSA) is 80.7 Å². The number of fused-ring (bicyclic) bond motifs is 14. The summed E-state index contributed by atoms with van der Waals surface area (Å²) in [6, 6.07) is 63.8. The average molecular weight is 839 g/mol. The molecule has 14 aromatic rings. The Morgan fingerprint density at radius 1 is 0.359 bits per heavy atom. The molecule has 64 heavy (non-hydrogen) atoms. The second-order valence-electron chi connectivity index (χ2n) is 16.5. The molecule has 1 N–H and O–H groups in total. The summed E-state index contributed by atoms with van der Waals surface area (Å²) in [4.78, 5) is 17.7. The maximum absolute atomic E-state index is 6.83. The number of furan rings is 2. The van der Waals surface area contributed by atoms with E-state index in [0.717, 1.165) is 110 Å². The molecular formula is C57H31ClN4O2. The standard InChI is InChI=1S/C57H31ClN4O2/c58-57-61-55(35-19-18-31-8-1-2-10-33(31)28-35)60-56(62-57)36-21-23-40-47-29-34(22-26-48(47)63-50(40)30-36)37-12-5-13-41-39(37)25-27-49-51(41)46-17-7-16-45(54(46)64-49)43-15-6-14-42-44-24-20-32-9-3-4-11-38(32)52(44)59-53(42)43/h1-30,59H. The van der Waals surface area contributed by atoms with Gasteiger partial charge in [-0.1, -0.05) is 146 Å². The first-order valence-electron chi connectivity index (χ1n) is 21.3. The van der Waals surface area contributed by atoms with Crippen LogP contribution >= 0.6 is 11.6 Å². The van der Waals surface area contributed by atoms with E-state index in [4.69, 9.17) is 25.4 Å². The molecule has 0 bridgehead atoms. The van der Waals surface area contributed by atoms with Crippen molar-refractivity contribution in [2.75, 3.05) is 0 Å². The number of nitrogens with one attached hydrogen (secondary N) is 1. The minimum absolute atomic E-state index is 0.135. The van der Waals surface area contributed by atoms with Crippen LogP contribution in [0.15, 0.2) is 191 Å². The van der Waals surface area contributed by atoms with Gasteiger partial charge in [0, 0.05) is 60.0 Å². The van der Waals surface area contributed by atoms with Crippen LogP contribution in [0.2, 0.25) is 5.28 Å². The van der Waals surface area contributed by atoms with Gasteiger partial charge in [-0.25, -0.2) is 4.98 Å².